The molecule has 1 atom stereocenters. The number of carbonyl (C=O) groups excluding carboxylic acids is 2. The van der Waals surface area contributed by atoms with Crippen LogP contribution in [0, 0.1) is 5.41 Å². The highest BCUT2D eigenvalue weighted by Crippen LogP contribution is 2.22. The number of benzene rings is 2. The van der Waals surface area contributed by atoms with Gasteiger partial charge in [0.1, 0.15) is 17.6 Å². The van der Waals surface area contributed by atoms with Crippen molar-refractivity contribution in [3.8, 4) is 11.1 Å². The third kappa shape index (κ3) is 6.09. The molecule has 0 aliphatic rings. The molecule has 4 aromatic rings. The molecular formula is C27H25N7O2. The van der Waals surface area contributed by atoms with Crippen molar-refractivity contribution in [3.63, 3.8) is 0 Å². The third-order valence-electron chi connectivity index (χ3n) is 5.49. The maximum atomic E-state index is 13.3. The normalized spacial score (nSPS) is 11.3. The van der Waals surface area contributed by atoms with E-state index in [2.05, 4.69) is 20.6 Å². The van der Waals surface area contributed by atoms with E-state index >= 15 is 0 Å². The van der Waals surface area contributed by atoms with Crippen LogP contribution in [0.15, 0.2) is 91.4 Å². The molecule has 36 heavy (non-hydrogen) atoms. The minimum absolute atomic E-state index is 0.0517. The Balaban J connectivity index is 1.53. The van der Waals surface area contributed by atoms with Crippen LogP contribution in [0.1, 0.15) is 21.6 Å². The number of primary amides is 1. The Morgan fingerprint density at radius 1 is 0.889 bits per heavy atom. The fourth-order valence-corrected chi connectivity index (χ4v) is 3.66. The van der Waals surface area contributed by atoms with E-state index in [9.17, 15) is 9.59 Å². The topological polar surface area (TPSA) is 160 Å². The van der Waals surface area contributed by atoms with E-state index in [1.54, 1.807) is 54.9 Å². The van der Waals surface area contributed by atoms with Crippen LogP contribution in [-0.4, -0.2) is 33.7 Å². The van der Waals surface area contributed by atoms with Crippen molar-refractivity contribution < 1.29 is 9.59 Å². The summed E-state index contributed by atoms with van der Waals surface area (Å²) in [4.78, 5) is 32.8. The highest BCUT2D eigenvalue weighted by atomic mass is 16.2. The van der Waals surface area contributed by atoms with Gasteiger partial charge in [-0.05, 0) is 59.2 Å². The zero-order valence-corrected chi connectivity index (χ0v) is 19.3. The lowest BCUT2D eigenvalue weighted by Gasteiger charge is -2.20. The predicted octanol–water partition coefficient (Wildman–Crippen LogP) is 3.19. The minimum atomic E-state index is -0.616. The van der Waals surface area contributed by atoms with Crippen LogP contribution in [0.25, 0.3) is 11.1 Å². The standard InChI is InChI=1S/C27H25N7O2/c28-25(29)20-4-1-5-22(14-20)33-24(13-17-3-2-11-31-16-17)27(36)34-21-8-6-18(7-9-21)19-10-12-32-23(15-19)26(30)35/h1-12,14-16,24,33H,13H2,(H3,28,29)(H2,30,35)(H,34,36)/t24-/m0/s1. The van der Waals surface area contributed by atoms with Crippen LogP contribution in [0.5, 0.6) is 0 Å². The lowest BCUT2D eigenvalue weighted by molar-refractivity contribution is -0.116. The maximum absolute atomic E-state index is 13.3. The molecule has 0 fully saturated rings. The average molecular weight is 480 g/mol. The van der Waals surface area contributed by atoms with Gasteiger partial charge in [-0.25, -0.2) is 0 Å². The van der Waals surface area contributed by atoms with E-state index in [0.29, 0.717) is 23.4 Å². The van der Waals surface area contributed by atoms with E-state index in [0.717, 1.165) is 16.7 Å². The van der Waals surface area contributed by atoms with E-state index in [4.69, 9.17) is 16.9 Å². The predicted molar refractivity (Wildman–Crippen MR) is 140 cm³/mol. The Morgan fingerprint density at radius 3 is 2.39 bits per heavy atom. The van der Waals surface area contributed by atoms with Crippen molar-refractivity contribution in [2.45, 2.75) is 12.5 Å². The summed E-state index contributed by atoms with van der Waals surface area (Å²) in [5.74, 6) is -0.884. The molecule has 2 aromatic carbocycles. The number of hydrogen-bond donors (Lipinski definition) is 5. The van der Waals surface area contributed by atoms with Gasteiger partial charge in [0.2, 0.25) is 5.91 Å². The number of hydrogen-bond acceptors (Lipinski definition) is 6. The molecule has 2 heterocycles. The number of nitrogens with two attached hydrogens (primary N) is 2. The highest BCUT2D eigenvalue weighted by Gasteiger charge is 2.20. The summed E-state index contributed by atoms with van der Waals surface area (Å²) < 4.78 is 0. The molecule has 0 aliphatic carbocycles. The molecule has 2 aromatic heterocycles. The number of amidine groups is 1. The van der Waals surface area contributed by atoms with Gasteiger partial charge in [-0.15, -0.1) is 0 Å². The molecular weight excluding hydrogens is 454 g/mol. The van der Waals surface area contributed by atoms with E-state index in [1.165, 1.54) is 6.20 Å². The summed E-state index contributed by atoms with van der Waals surface area (Å²) in [6.07, 6.45) is 5.33. The van der Waals surface area contributed by atoms with Gasteiger partial charge in [-0.3, -0.25) is 25.0 Å². The van der Waals surface area contributed by atoms with E-state index in [1.807, 2.05) is 30.3 Å². The first-order valence-corrected chi connectivity index (χ1v) is 11.2. The van der Waals surface area contributed by atoms with Crippen molar-refractivity contribution >= 4 is 29.0 Å². The van der Waals surface area contributed by atoms with Crippen molar-refractivity contribution in [3.05, 3.63) is 108 Å². The zero-order chi connectivity index (χ0) is 25.5. The van der Waals surface area contributed by atoms with Crippen molar-refractivity contribution in [1.82, 2.24) is 9.97 Å². The molecule has 0 unspecified atom stereocenters. The number of aromatic nitrogens is 2. The molecule has 0 bridgehead atoms. The van der Waals surface area contributed by atoms with Crippen molar-refractivity contribution in [1.29, 1.82) is 5.41 Å². The van der Waals surface area contributed by atoms with Crippen molar-refractivity contribution in [2.75, 3.05) is 10.6 Å². The second kappa shape index (κ2) is 10.9. The van der Waals surface area contributed by atoms with E-state index in [-0.39, 0.29) is 17.4 Å². The number of nitrogens with one attached hydrogen (secondary N) is 3. The number of nitrogen functional groups attached to an aromatic ring is 1. The number of amides is 2. The molecule has 0 radical (unpaired) electrons. The second-order valence-electron chi connectivity index (χ2n) is 8.12. The Hall–Kier alpha value is -5.05. The summed E-state index contributed by atoms with van der Waals surface area (Å²) in [7, 11) is 0. The number of rotatable bonds is 9. The first kappa shape index (κ1) is 24.1. The molecule has 0 saturated heterocycles. The number of carbonyl (C=O) groups is 2. The van der Waals surface area contributed by atoms with Gasteiger partial charge in [0.25, 0.3) is 5.91 Å². The van der Waals surface area contributed by atoms with Gasteiger partial charge in [0.15, 0.2) is 0 Å². The first-order chi connectivity index (χ1) is 17.4. The SMILES string of the molecule is N=C(N)c1cccc(N[C@@H](Cc2cccnc2)C(=O)Nc2ccc(-c3ccnc(C(N)=O)c3)cc2)c1. The Kier molecular flexibility index (Phi) is 7.30. The van der Waals surface area contributed by atoms with Crippen LogP contribution < -0.4 is 22.1 Å². The Morgan fingerprint density at radius 2 is 1.69 bits per heavy atom. The Bertz CT molecular complexity index is 1390. The zero-order valence-electron chi connectivity index (χ0n) is 19.3. The largest absolute Gasteiger partial charge is 0.384 e. The minimum Gasteiger partial charge on any atom is -0.384 e. The molecule has 9 heteroatoms. The van der Waals surface area contributed by atoms with Gasteiger partial charge < -0.3 is 22.1 Å². The molecule has 4 rings (SSSR count). The van der Waals surface area contributed by atoms with Gasteiger partial charge >= 0.3 is 0 Å². The molecule has 9 nitrogen and oxygen atoms in total. The fraction of sp³-hybridized carbons (Fsp3) is 0.0741. The quantitative estimate of drug-likeness (QED) is 0.183. The second-order valence-corrected chi connectivity index (χ2v) is 8.12. The highest BCUT2D eigenvalue weighted by molar-refractivity contribution is 5.98. The molecule has 2 amide bonds. The van der Waals surface area contributed by atoms with Gasteiger partial charge in [0.05, 0.1) is 0 Å². The smallest absolute Gasteiger partial charge is 0.267 e. The van der Waals surface area contributed by atoms with Crippen LogP contribution in [0.4, 0.5) is 11.4 Å². The molecule has 180 valence electrons. The van der Waals surface area contributed by atoms with Crippen LogP contribution >= 0.6 is 0 Å². The molecule has 0 aliphatic heterocycles. The number of nitrogens with zero attached hydrogens (tertiary/aromatic N) is 2. The first-order valence-electron chi connectivity index (χ1n) is 11.2. The summed E-state index contributed by atoms with van der Waals surface area (Å²) in [5.41, 5.74) is 15.5. The monoisotopic (exact) mass is 479 g/mol. The number of pyridine rings is 2. The lowest BCUT2D eigenvalue weighted by Crippen LogP contribution is -2.36. The van der Waals surface area contributed by atoms with Crippen LogP contribution in [-0.2, 0) is 11.2 Å². The summed E-state index contributed by atoms with van der Waals surface area (Å²) >= 11 is 0. The fourth-order valence-electron chi connectivity index (χ4n) is 3.66. The molecule has 0 spiro atoms. The average Bonchev–Trinajstić information content (AvgIpc) is 2.89. The van der Waals surface area contributed by atoms with Crippen LogP contribution in [0.3, 0.4) is 0 Å². The molecule has 0 saturated carbocycles. The summed E-state index contributed by atoms with van der Waals surface area (Å²) in [6, 6.07) is 20.8. The lowest BCUT2D eigenvalue weighted by atomic mass is 10.0. The summed E-state index contributed by atoms with van der Waals surface area (Å²) in [6.45, 7) is 0. The Labute approximate surface area is 208 Å². The van der Waals surface area contributed by atoms with Gasteiger partial charge in [0, 0.05) is 41.9 Å². The third-order valence-corrected chi connectivity index (χ3v) is 5.49. The summed E-state index contributed by atoms with van der Waals surface area (Å²) in [5, 5.41) is 13.9. The van der Waals surface area contributed by atoms with Gasteiger partial charge in [-0.2, -0.15) is 0 Å². The van der Waals surface area contributed by atoms with Crippen molar-refractivity contribution in [2.24, 2.45) is 11.5 Å². The number of anilines is 2. The molecule has 7 N–H and O–H groups in total. The van der Waals surface area contributed by atoms with Crippen LogP contribution in [0.2, 0.25) is 0 Å². The van der Waals surface area contributed by atoms with Gasteiger partial charge in [-0.1, -0.05) is 30.3 Å². The van der Waals surface area contributed by atoms with E-state index < -0.39 is 11.9 Å². The maximum Gasteiger partial charge on any atom is 0.267 e.